The molecule has 3 N–H and O–H groups in total. The Morgan fingerprint density at radius 2 is 2.19 bits per heavy atom. The topological polar surface area (TPSA) is 63.9 Å². The summed E-state index contributed by atoms with van der Waals surface area (Å²) >= 11 is 5.90. The molecule has 4 nitrogen and oxygen atoms in total. The van der Waals surface area contributed by atoms with E-state index in [1.54, 1.807) is 19.2 Å². The highest BCUT2D eigenvalue weighted by Gasteiger charge is 2.13. The molecule has 0 fully saturated rings. The van der Waals surface area contributed by atoms with Crippen LogP contribution in [-0.2, 0) is 0 Å². The second-order valence-corrected chi connectivity index (χ2v) is 3.89. The molecular weight excluding hydrogens is 226 g/mol. The second kappa shape index (κ2) is 4.06. The maximum atomic E-state index is 5.90. The van der Waals surface area contributed by atoms with Crippen LogP contribution in [0.1, 0.15) is 5.56 Å². The number of nitrogen functional groups attached to an aromatic ring is 1. The lowest BCUT2D eigenvalue weighted by molar-refractivity contribution is 0.416. The van der Waals surface area contributed by atoms with Gasteiger partial charge in [-0.25, -0.2) is 0 Å². The number of aromatic nitrogens is 2. The van der Waals surface area contributed by atoms with Crippen molar-refractivity contribution in [3.8, 4) is 17.0 Å². The summed E-state index contributed by atoms with van der Waals surface area (Å²) in [6.45, 7) is 1.90. The van der Waals surface area contributed by atoms with Gasteiger partial charge in [0.15, 0.2) is 0 Å². The third kappa shape index (κ3) is 1.72. The zero-order valence-corrected chi connectivity index (χ0v) is 9.80. The molecule has 0 atom stereocenters. The molecule has 2 rings (SSSR count). The lowest BCUT2D eigenvalue weighted by atomic mass is 10.1. The Morgan fingerprint density at radius 3 is 2.75 bits per heavy atom. The van der Waals surface area contributed by atoms with Crippen LogP contribution in [0.2, 0.25) is 5.02 Å². The highest BCUT2D eigenvalue weighted by atomic mass is 35.5. The van der Waals surface area contributed by atoms with E-state index in [0.29, 0.717) is 16.6 Å². The van der Waals surface area contributed by atoms with E-state index >= 15 is 0 Å². The number of rotatable bonds is 2. The normalized spacial score (nSPS) is 10.4. The highest BCUT2D eigenvalue weighted by Crippen LogP contribution is 2.34. The van der Waals surface area contributed by atoms with Gasteiger partial charge in [-0.05, 0) is 25.1 Å². The molecule has 5 heteroatoms. The van der Waals surface area contributed by atoms with Crippen LogP contribution in [0.15, 0.2) is 18.2 Å². The first kappa shape index (κ1) is 10.8. The maximum absolute atomic E-state index is 5.90. The summed E-state index contributed by atoms with van der Waals surface area (Å²) in [4.78, 5) is 0. The second-order valence-electron chi connectivity index (χ2n) is 3.45. The van der Waals surface area contributed by atoms with Crippen molar-refractivity contribution in [2.45, 2.75) is 6.92 Å². The molecule has 0 spiro atoms. The van der Waals surface area contributed by atoms with E-state index < -0.39 is 0 Å². The van der Waals surface area contributed by atoms with Crippen LogP contribution in [-0.4, -0.2) is 17.3 Å². The zero-order valence-electron chi connectivity index (χ0n) is 9.04. The van der Waals surface area contributed by atoms with Crippen molar-refractivity contribution < 1.29 is 4.74 Å². The fraction of sp³-hybridized carbons (Fsp3) is 0.182. The SMILES string of the molecule is COc1cc(Cl)ccc1-c1[nH]nc(N)c1C. The summed E-state index contributed by atoms with van der Waals surface area (Å²) in [5, 5.41) is 7.47. The molecule has 16 heavy (non-hydrogen) atoms. The Bertz CT molecular complexity index is 522. The minimum Gasteiger partial charge on any atom is -0.496 e. The quantitative estimate of drug-likeness (QED) is 0.844. The molecule has 1 heterocycles. The van der Waals surface area contributed by atoms with Gasteiger partial charge in [-0.1, -0.05) is 11.6 Å². The van der Waals surface area contributed by atoms with Gasteiger partial charge in [0.1, 0.15) is 11.6 Å². The largest absolute Gasteiger partial charge is 0.496 e. The minimum atomic E-state index is 0.493. The number of hydrogen-bond donors (Lipinski definition) is 2. The van der Waals surface area contributed by atoms with E-state index in [1.165, 1.54) is 0 Å². The van der Waals surface area contributed by atoms with Crippen LogP contribution in [0.5, 0.6) is 5.75 Å². The molecule has 84 valence electrons. The highest BCUT2D eigenvalue weighted by molar-refractivity contribution is 6.30. The van der Waals surface area contributed by atoms with Crippen molar-refractivity contribution in [3.05, 3.63) is 28.8 Å². The van der Waals surface area contributed by atoms with Crippen molar-refractivity contribution in [3.63, 3.8) is 0 Å². The monoisotopic (exact) mass is 237 g/mol. The Hall–Kier alpha value is -1.68. The van der Waals surface area contributed by atoms with Gasteiger partial charge in [0.25, 0.3) is 0 Å². The average molecular weight is 238 g/mol. The molecule has 1 aromatic carbocycles. The molecule has 0 saturated heterocycles. The number of ether oxygens (including phenoxy) is 1. The van der Waals surface area contributed by atoms with Gasteiger partial charge >= 0.3 is 0 Å². The third-order valence-electron chi connectivity index (χ3n) is 2.48. The van der Waals surface area contributed by atoms with Crippen LogP contribution in [0.25, 0.3) is 11.3 Å². The zero-order chi connectivity index (χ0) is 11.7. The fourth-order valence-electron chi connectivity index (χ4n) is 1.55. The van der Waals surface area contributed by atoms with E-state index in [4.69, 9.17) is 22.1 Å². The van der Waals surface area contributed by atoms with Gasteiger partial charge in [-0.2, -0.15) is 5.10 Å². The first-order valence-corrected chi connectivity index (χ1v) is 5.15. The van der Waals surface area contributed by atoms with Crippen LogP contribution in [0, 0.1) is 6.92 Å². The van der Waals surface area contributed by atoms with Crippen LogP contribution in [0.4, 0.5) is 5.82 Å². The number of nitrogens with zero attached hydrogens (tertiary/aromatic N) is 1. The van der Waals surface area contributed by atoms with E-state index in [1.807, 2.05) is 13.0 Å². The summed E-state index contributed by atoms with van der Waals surface area (Å²) in [5.74, 6) is 1.19. The van der Waals surface area contributed by atoms with E-state index in [-0.39, 0.29) is 0 Å². The van der Waals surface area contributed by atoms with Gasteiger partial charge in [-0.15, -0.1) is 0 Å². The van der Waals surface area contributed by atoms with E-state index in [2.05, 4.69) is 10.2 Å². The van der Waals surface area contributed by atoms with Crippen molar-refractivity contribution in [1.29, 1.82) is 0 Å². The number of nitrogens with one attached hydrogen (secondary N) is 1. The average Bonchev–Trinajstić information content (AvgIpc) is 2.60. The van der Waals surface area contributed by atoms with Crippen molar-refractivity contribution in [1.82, 2.24) is 10.2 Å². The minimum absolute atomic E-state index is 0.493. The van der Waals surface area contributed by atoms with E-state index in [9.17, 15) is 0 Å². The number of anilines is 1. The summed E-state index contributed by atoms with van der Waals surface area (Å²) in [6.07, 6.45) is 0. The fourth-order valence-corrected chi connectivity index (χ4v) is 1.71. The third-order valence-corrected chi connectivity index (χ3v) is 2.72. The van der Waals surface area contributed by atoms with Crippen LogP contribution < -0.4 is 10.5 Å². The molecule has 0 saturated carbocycles. The molecule has 2 aromatic rings. The molecule has 0 aliphatic carbocycles. The van der Waals surface area contributed by atoms with Gasteiger partial charge in [-0.3, -0.25) is 5.10 Å². The number of nitrogens with two attached hydrogens (primary N) is 1. The number of benzene rings is 1. The molecule has 0 unspecified atom stereocenters. The number of methoxy groups -OCH3 is 1. The lowest BCUT2D eigenvalue weighted by Gasteiger charge is -2.07. The molecule has 0 bridgehead atoms. The van der Waals surface area contributed by atoms with Crippen molar-refractivity contribution >= 4 is 17.4 Å². The van der Waals surface area contributed by atoms with Gasteiger partial charge < -0.3 is 10.5 Å². The van der Waals surface area contributed by atoms with Crippen LogP contribution in [0.3, 0.4) is 0 Å². The number of hydrogen-bond acceptors (Lipinski definition) is 3. The summed E-state index contributed by atoms with van der Waals surface area (Å²) in [7, 11) is 1.60. The first-order valence-electron chi connectivity index (χ1n) is 4.78. The maximum Gasteiger partial charge on any atom is 0.148 e. The van der Waals surface area contributed by atoms with Crippen molar-refractivity contribution in [2.75, 3.05) is 12.8 Å². The van der Waals surface area contributed by atoms with Crippen LogP contribution >= 0.6 is 11.6 Å². The Labute approximate surface area is 98.4 Å². The van der Waals surface area contributed by atoms with Gasteiger partial charge in [0.05, 0.1) is 12.8 Å². The smallest absolute Gasteiger partial charge is 0.148 e. The first-order chi connectivity index (χ1) is 7.63. The predicted molar refractivity (Wildman–Crippen MR) is 64.7 cm³/mol. The number of H-pyrrole nitrogens is 1. The summed E-state index contributed by atoms with van der Waals surface area (Å²) < 4.78 is 5.27. The van der Waals surface area contributed by atoms with Gasteiger partial charge in [0.2, 0.25) is 0 Å². The summed E-state index contributed by atoms with van der Waals surface area (Å²) in [5.41, 5.74) is 8.34. The molecular formula is C11H12ClN3O. The lowest BCUT2D eigenvalue weighted by Crippen LogP contribution is -1.90. The Morgan fingerprint density at radius 1 is 1.44 bits per heavy atom. The molecule has 0 amide bonds. The molecule has 0 aliphatic rings. The summed E-state index contributed by atoms with van der Waals surface area (Å²) in [6, 6.07) is 5.43. The standard InChI is InChI=1S/C11H12ClN3O/c1-6-10(14-15-11(6)13)8-4-3-7(12)5-9(8)16-2/h3-5H,1-2H3,(H3,13,14,15). The molecule has 0 aliphatic heterocycles. The Balaban J connectivity index is 2.59. The number of halogens is 1. The predicted octanol–water partition coefficient (Wildman–Crippen LogP) is 2.63. The molecule has 1 aromatic heterocycles. The Kier molecular flexibility index (Phi) is 2.75. The number of aromatic amines is 1. The van der Waals surface area contributed by atoms with Gasteiger partial charge in [0, 0.05) is 16.1 Å². The van der Waals surface area contributed by atoms with Crippen molar-refractivity contribution in [2.24, 2.45) is 0 Å². The van der Waals surface area contributed by atoms with E-state index in [0.717, 1.165) is 16.8 Å². The molecule has 0 radical (unpaired) electrons.